The summed E-state index contributed by atoms with van der Waals surface area (Å²) in [6.07, 6.45) is 2.92. The highest BCUT2D eigenvalue weighted by atomic mass is 32.2. The average Bonchev–Trinajstić information content (AvgIpc) is 2.79. The Hall–Kier alpha value is -2.48. The number of allylic oxidation sites excluding steroid dienone is 1. The third kappa shape index (κ3) is 5.06. The maximum Gasteiger partial charge on any atom is 0.239 e. The van der Waals surface area contributed by atoms with Crippen LogP contribution in [0.25, 0.3) is 6.08 Å². The minimum absolute atomic E-state index is 0.125. The van der Waals surface area contributed by atoms with Gasteiger partial charge in [0.05, 0.1) is 11.4 Å². The van der Waals surface area contributed by atoms with E-state index in [0.29, 0.717) is 30.8 Å². The van der Waals surface area contributed by atoms with Crippen molar-refractivity contribution < 1.29 is 13.2 Å². The maximum absolute atomic E-state index is 13.0. The van der Waals surface area contributed by atoms with E-state index in [1.807, 2.05) is 42.5 Å². The molecule has 0 atom stereocenters. The molecule has 0 saturated carbocycles. The van der Waals surface area contributed by atoms with Crippen molar-refractivity contribution in [2.75, 3.05) is 39.8 Å². The van der Waals surface area contributed by atoms with Gasteiger partial charge in [0.15, 0.2) is 0 Å². The number of carbonyl (C=O) groups is 1. The lowest BCUT2D eigenvalue weighted by molar-refractivity contribution is -0.133. The highest BCUT2D eigenvalue weighted by Gasteiger charge is 2.29. The van der Waals surface area contributed by atoms with Gasteiger partial charge in [-0.3, -0.25) is 9.69 Å². The first-order chi connectivity index (χ1) is 14.9. The van der Waals surface area contributed by atoms with Gasteiger partial charge >= 0.3 is 0 Å². The fraction of sp³-hybridized carbons (Fsp3) is 0.375. The number of rotatable bonds is 6. The summed E-state index contributed by atoms with van der Waals surface area (Å²) in [5.41, 5.74) is 3.37. The van der Waals surface area contributed by atoms with Gasteiger partial charge in [-0.05, 0) is 35.6 Å². The zero-order valence-corrected chi connectivity index (χ0v) is 18.7. The summed E-state index contributed by atoms with van der Waals surface area (Å²) in [6.45, 7) is 3.57. The molecule has 0 unspecified atom stereocenters. The molecule has 0 bridgehead atoms. The molecule has 1 saturated heterocycles. The van der Waals surface area contributed by atoms with Crippen LogP contribution in [-0.4, -0.2) is 68.2 Å². The summed E-state index contributed by atoms with van der Waals surface area (Å²) >= 11 is 0. The summed E-state index contributed by atoms with van der Waals surface area (Å²) in [6, 6.07) is 18.1. The second kappa shape index (κ2) is 9.34. The first kappa shape index (κ1) is 21.7. The molecule has 4 rings (SSSR count). The van der Waals surface area contributed by atoms with Crippen LogP contribution < -0.4 is 0 Å². The van der Waals surface area contributed by atoms with Crippen LogP contribution in [-0.2, 0) is 27.8 Å². The number of hydrogen-bond donors (Lipinski definition) is 0. The van der Waals surface area contributed by atoms with Gasteiger partial charge in [0.1, 0.15) is 0 Å². The Bertz CT molecular complexity index is 1060. The topological polar surface area (TPSA) is 60.9 Å². The third-order valence-corrected chi connectivity index (χ3v) is 8.02. The molecule has 6 nitrogen and oxygen atoms in total. The number of fused-ring (bicyclic) bond motifs is 1. The molecule has 2 aromatic carbocycles. The van der Waals surface area contributed by atoms with Crippen molar-refractivity contribution in [1.29, 1.82) is 0 Å². The van der Waals surface area contributed by atoms with Crippen LogP contribution in [0.4, 0.5) is 0 Å². The second-order valence-electron chi connectivity index (χ2n) is 8.21. The molecule has 1 fully saturated rings. The van der Waals surface area contributed by atoms with Crippen LogP contribution in [0.1, 0.15) is 23.1 Å². The molecule has 0 radical (unpaired) electrons. The average molecular weight is 440 g/mol. The van der Waals surface area contributed by atoms with E-state index in [-0.39, 0.29) is 12.5 Å². The van der Waals surface area contributed by atoms with Gasteiger partial charge in [0.25, 0.3) is 0 Å². The van der Waals surface area contributed by atoms with Crippen molar-refractivity contribution in [1.82, 2.24) is 14.1 Å². The van der Waals surface area contributed by atoms with Crippen molar-refractivity contribution in [2.45, 2.75) is 19.4 Å². The number of piperazine rings is 1. The monoisotopic (exact) mass is 439 g/mol. The fourth-order valence-corrected chi connectivity index (χ4v) is 5.50. The zero-order chi connectivity index (χ0) is 21.8. The molecule has 1 aliphatic carbocycles. The Kier molecular flexibility index (Phi) is 6.55. The highest BCUT2D eigenvalue weighted by molar-refractivity contribution is 7.93. The van der Waals surface area contributed by atoms with E-state index >= 15 is 0 Å². The van der Waals surface area contributed by atoms with Crippen LogP contribution >= 0.6 is 0 Å². The van der Waals surface area contributed by atoms with Crippen LogP contribution in [0, 0.1) is 0 Å². The molecule has 0 N–H and O–H groups in total. The minimum atomic E-state index is -3.65. The molecule has 0 spiro atoms. The van der Waals surface area contributed by atoms with E-state index in [0.717, 1.165) is 30.8 Å². The summed E-state index contributed by atoms with van der Waals surface area (Å²) in [4.78, 5) is 17.3. The van der Waals surface area contributed by atoms with Crippen LogP contribution in [0.2, 0.25) is 0 Å². The van der Waals surface area contributed by atoms with Crippen molar-refractivity contribution >= 4 is 22.0 Å². The number of hydrogen-bond acceptors (Lipinski definition) is 4. The molecule has 2 aromatic rings. The van der Waals surface area contributed by atoms with E-state index < -0.39 is 10.0 Å². The molecule has 1 amide bonds. The zero-order valence-electron chi connectivity index (χ0n) is 17.9. The number of sulfonamides is 1. The molecule has 0 aromatic heterocycles. The van der Waals surface area contributed by atoms with Crippen molar-refractivity contribution in [3.05, 3.63) is 76.2 Å². The molecule has 7 heteroatoms. The summed E-state index contributed by atoms with van der Waals surface area (Å²) in [5.74, 6) is -0.137. The molecular weight excluding hydrogens is 410 g/mol. The Morgan fingerprint density at radius 2 is 1.61 bits per heavy atom. The summed E-state index contributed by atoms with van der Waals surface area (Å²) < 4.78 is 27.3. The molecule has 31 heavy (non-hydrogen) atoms. The van der Waals surface area contributed by atoms with Crippen molar-refractivity contribution in [3.8, 4) is 0 Å². The second-order valence-corrected chi connectivity index (χ2v) is 10.3. The predicted octanol–water partition coefficient (Wildman–Crippen LogP) is 2.58. The Balaban J connectivity index is 1.33. The van der Waals surface area contributed by atoms with E-state index in [4.69, 9.17) is 0 Å². The van der Waals surface area contributed by atoms with E-state index in [9.17, 15) is 13.2 Å². The SMILES string of the molecule is CN(CC(=O)N1CCN(Cc2ccccc2)CC1)S(=O)(=O)C1=Cc2ccccc2CC1. The lowest BCUT2D eigenvalue weighted by Crippen LogP contribution is -2.51. The standard InChI is InChI=1S/C24H29N3O3S/c1-25(31(29,30)23-12-11-21-9-5-6-10-22(21)17-23)19-24(28)27-15-13-26(14-16-27)18-20-7-3-2-4-8-20/h2-10,17H,11-16,18-19H2,1H3. The van der Waals surface area contributed by atoms with Crippen molar-refractivity contribution in [2.24, 2.45) is 0 Å². The van der Waals surface area contributed by atoms with Gasteiger partial charge in [-0.25, -0.2) is 8.42 Å². The van der Waals surface area contributed by atoms with Crippen LogP contribution in [0.3, 0.4) is 0 Å². The predicted molar refractivity (Wildman–Crippen MR) is 123 cm³/mol. The molecule has 164 valence electrons. The van der Waals surface area contributed by atoms with Gasteiger partial charge in [0.2, 0.25) is 15.9 Å². The van der Waals surface area contributed by atoms with E-state index in [1.165, 1.54) is 16.9 Å². The van der Waals surface area contributed by atoms with Crippen LogP contribution in [0.15, 0.2) is 59.5 Å². The lowest BCUT2D eigenvalue weighted by Gasteiger charge is -2.35. The molecule has 1 aliphatic heterocycles. The Morgan fingerprint density at radius 1 is 0.935 bits per heavy atom. The third-order valence-electron chi connectivity index (χ3n) is 6.09. The molecular formula is C24H29N3O3S. The van der Waals surface area contributed by atoms with Gasteiger partial charge in [-0.1, -0.05) is 54.6 Å². The molecule has 2 aliphatic rings. The quantitative estimate of drug-likeness (QED) is 0.694. The number of amides is 1. The first-order valence-electron chi connectivity index (χ1n) is 10.7. The maximum atomic E-state index is 13.0. The first-order valence-corrected chi connectivity index (χ1v) is 12.2. The van der Waals surface area contributed by atoms with E-state index in [1.54, 1.807) is 11.0 Å². The minimum Gasteiger partial charge on any atom is -0.339 e. The summed E-state index contributed by atoms with van der Waals surface area (Å²) in [5, 5.41) is 0. The van der Waals surface area contributed by atoms with Gasteiger partial charge in [0, 0.05) is 39.8 Å². The highest BCUT2D eigenvalue weighted by Crippen LogP contribution is 2.28. The Labute approximate surface area is 184 Å². The number of aryl methyl sites for hydroxylation is 1. The number of likely N-dealkylation sites (N-methyl/N-ethyl adjacent to an activating group) is 1. The number of benzene rings is 2. The normalized spacial score (nSPS) is 17.4. The van der Waals surface area contributed by atoms with Gasteiger partial charge in [-0.2, -0.15) is 4.31 Å². The van der Waals surface area contributed by atoms with Gasteiger partial charge < -0.3 is 4.90 Å². The Morgan fingerprint density at radius 3 is 2.35 bits per heavy atom. The number of nitrogens with zero attached hydrogens (tertiary/aromatic N) is 3. The smallest absolute Gasteiger partial charge is 0.239 e. The number of carbonyl (C=O) groups excluding carboxylic acids is 1. The molecule has 1 heterocycles. The fourth-order valence-electron chi connectivity index (χ4n) is 4.18. The summed E-state index contributed by atoms with van der Waals surface area (Å²) in [7, 11) is -2.15. The van der Waals surface area contributed by atoms with Crippen molar-refractivity contribution in [3.63, 3.8) is 0 Å². The van der Waals surface area contributed by atoms with Gasteiger partial charge in [-0.15, -0.1) is 0 Å². The lowest BCUT2D eigenvalue weighted by atomic mass is 9.98. The van der Waals surface area contributed by atoms with Crippen LogP contribution in [0.5, 0.6) is 0 Å². The van der Waals surface area contributed by atoms with E-state index in [2.05, 4.69) is 17.0 Å². The largest absolute Gasteiger partial charge is 0.339 e.